The van der Waals surface area contributed by atoms with Crippen molar-refractivity contribution in [2.45, 2.75) is 78.7 Å². The van der Waals surface area contributed by atoms with Gasteiger partial charge in [-0.2, -0.15) is 0 Å². The fourth-order valence-corrected chi connectivity index (χ4v) is 2.75. The standard InChI is InChI=1S/C22H35NO3/c1-16(2)15-18-10-12-19(13-11-18)17(3)20(24)9-7-8-14-23-21(25)26-22(4,5)6/h10-13,16-17H,7-9,14-15H2,1-6H3,(H,23,25). The highest BCUT2D eigenvalue weighted by Gasteiger charge is 2.16. The van der Waals surface area contributed by atoms with Gasteiger partial charge in [0.25, 0.3) is 0 Å². The van der Waals surface area contributed by atoms with Crippen LogP contribution in [0.3, 0.4) is 0 Å². The van der Waals surface area contributed by atoms with Gasteiger partial charge in [0, 0.05) is 18.9 Å². The molecule has 0 saturated heterocycles. The van der Waals surface area contributed by atoms with Crippen LogP contribution in [0.4, 0.5) is 4.79 Å². The molecule has 146 valence electrons. The molecular weight excluding hydrogens is 326 g/mol. The largest absolute Gasteiger partial charge is 0.444 e. The molecule has 1 N–H and O–H groups in total. The molecule has 4 nitrogen and oxygen atoms in total. The second-order valence-electron chi connectivity index (χ2n) is 8.41. The van der Waals surface area contributed by atoms with E-state index in [9.17, 15) is 9.59 Å². The van der Waals surface area contributed by atoms with Crippen molar-refractivity contribution >= 4 is 11.9 Å². The summed E-state index contributed by atoms with van der Waals surface area (Å²) in [6.45, 7) is 12.4. The zero-order valence-electron chi connectivity index (χ0n) is 17.2. The summed E-state index contributed by atoms with van der Waals surface area (Å²) in [4.78, 5) is 23.9. The summed E-state index contributed by atoms with van der Waals surface area (Å²) in [6, 6.07) is 8.41. The number of hydrogen-bond donors (Lipinski definition) is 1. The number of nitrogens with one attached hydrogen (secondary N) is 1. The number of hydrogen-bond acceptors (Lipinski definition) is 3. The molecule has 0 spiro atoms. The molecule has 0 aromatic heterocycles. The van der Waals surface area contributed by atoms with Gasteiger partial charge in [-0.1, -0.05) is 45.0 Å². The van der Waals surface area contributed by atoms with E-state index < -0.39 is 11.7 Å². The molecule has 0 heterocycles. The lowest BCUT2D eigenvalue weighted by Crippen LogP contribution is -2.33. The summed E-state index contributed by atoms with van der Waals surface area (Å²) in [6.07, 6.45) is 2.73. The molecule has 4 heteroatoms. The molecule has 1 aromatic carbocycles. The van der Waals surface area contributed by atoms with Crippen molar-refractivity contribution in [1.82, 2.24) is 5.32 Å². The van der Waals surface area contributed by atoms with Gasteiger partial charge in [-0.15, -0.1) is 0 Å². The maximum Gasteiger partial charge on any atom is 0.407 e. The molecule has 1 atom stereocenters. The Morgan fingerprint density at radius 1 is 1.04 bits per heavy atom. The van der Waals surface area contributed by atoms with Gasteiger partial charge in [0.2, 0.25) is 0 Å². The molecule has 0 aliphatic rings. The monoisotopic (exact) mass is 361 g/mol. The van der Waals surface area contributed by atoms with Crippen molar-refractivity contribution in [1.29, 1.82) is 0 Å². The first-order valence-corrected chi connectivity index (χ1v) is 9.67. The summed E-state index contributed by atoms with van der Waals surface area (Å²) in [7, 11) is 0. The van der Waals surface area contributed by atoms with Crippen molar-refractivity contribution in [3.63, 3.8) is 0 Å². The van der Waals surface area contributed by atoms with Crippen LogP contribution in [0.2, 0.25) is 0 Å². The second kappa shape index (κ2) is 10.3. The first-order chi connectivity index (χ1) is 12.1. The highest BCUT2D eigenvalue weighted by Crippen LogP contribution is 2.20. The maximum absolute atomic E-state index is 12.4. The number of benzene rings is 1. The summed E-state index contributed by atoms with van der Waals surface area (Å²) in [5, 5.41) is 2.72. The van der Waals surface area contributed by atoms with Crippen LogP contribution in [0.1, 0.15) is 77.8 Å². The highest BCUT2D eigenvalue weighted by molar-refractivity contribution is 5.85. The Morgan fingerprint density at radius 2 is 1.65 bits per heavy atom. The first-order valence-electron chi connectivity index (χ1n) is 9.67. The van der Waals surface area contributed by atoms with Crippen LogP contribution in [0.25, 0.3) is 0 Å². The van der Waals surface area contributed by atoms with E-state index in [4.69, 9.17) is 4.74 Å². The zero-order valence-corrected chi connectivity index (χ0v) is 17.2. The van der Waals surface area contributed by atoms with E-state index >= 15 is 0 Å². The van der Waals surface area contributed by atoms with E-state index in [-0.39, 0.29) is 11.7 Å². The topological polar surface area (TPSA) is 55.4 Å². The number of ketones is 1. The van der Waals surface area contributed by atoms with Crippen LogP contribution in [0.5, 0.6) is 0 Å². The SMILES string of the molecule is CC(C)Cc1ccc(C(C)C(=O)CCCCNC(=O)OC(C)(C)C)cc1. The average Bonchev–Trinajstić information content (AvgIpc) is 2.52. The van der Waals surface area contributed by atoms with Crippen molar-refractivity contribution in [2.75, 3.05) is 6.54 Å². The molecule has 0 saturated carbocycles. The van der Waals surface area contributed by atoms with Gasteiger partial charge in [0.1, 0.15) is 11.4 Å². The Bertz CT molecular complexity index is 570. The lowest BCUT2D eigenvalue weighted by atomic mass is 9.92. The third-order valence-electron chi connectivity index (χ3n) is 4.12. The van der Waals surface area contributed by atoms with Gasteiger partial charge >= 0.3 is 6.09 Å². The van der Waals surface area contributed by atoms with Gasteiger partial charge in [0.05, 0.1) is 0 Å². The van der Waals surface area contributed by atoms with E-state index in [1.807, 2.05) is 27.7 Å². The van der Waals surface area contributed by atoms with E-state index in [1.165, 1.54) is 5.56 Å². The van der Waals surface area contributed by atoms with Gasteiger partial charge in [-0.3, -0.25) is 4.79 Å². The van der Waals surface area contributed by atoms with Gasteiger partial charge in [0.15, 0.2) is 0 Å². The van der Waals surface area contributed by atoms with Crippen LogP contribution in [-0.2, 0) is 16.0 Å². The van der Waals surface area contributed by atoms with E-state index in [1.54, 1.807) is 0 Å². The van der Waals surface area contributed by atoms with E-state index in [0.717, 1.165) is 24.8 Å². The Kier molecular flexibility index (Phi) is 8.83. The molecule has 0 radical (unpaired) electrons. The summed E-state index contributed by atoms with van der Waals surface area (Å²) in [5.41, 5.74) is 1.91. The average molecular weight is 362 g/mol. The predicted octanol–water partition coefficient (Wildman–Crippen LogP) is 5.25. The number of alkyl carbamates (subject to hydrolysis) is 1. The van der Waals surface area contributed by atoms with E-state index in [0.29, 0.717) is 18.9 Å². The lowest BCUT2D eigenvalue weighted by Gasteiger charge is -2.19. The Balaban J connectivity index is 2.31. The molecule has 1 rings (SSSR count). The number of ether oxygens (including phenoxy) is 1. The number of carbonyl (C=O) groups excluding carboxylic acids is 2. The summed E-state index contributed by atoms with van der Waals surface area (Å²) in [5.74, 6) is 0.801. The van der Waals surface area contributed by atoms with Gasteiger partial charge in [-0.05, 0) is 57.1 Å². The van der Waals surface area contributed by atoms with Crippen LogP contribution >= 0.6 is 0 Å². The van der Waals surface area contributed by atoms with E-state index in [2.05, 4.69) is 43.4 Å². The summed E-state index contributed by atoms with van der Waals surface area (Å²) < 4.78 is 5.18. The minimum Gasteiger partial charge on any atom is -0.444 e. The minimum absolute atomic E-state index is 0.0816. The normalized spacial score (nSPS) is 12.7. The highest BCUT2D eigenvalue weighted by atomic mass is 16.6. The quantitative estimate of drug-likeness (QED) is 0.611. The lowest BCUT2D eigenvalue weighted by molar-refractivity contribution is -0.120. The number of amides is 1. The van der Waals surface area contributed by atoms with Crippen molar-refractivity contribution in [3.8, 4) is 0 Å². The molecule has 1 amide bonds. The van der Waals surface area contributed by atoms with Crippen LogP contribution in [0.15, 0.2) is 24.3 Å². The predicted molar refractivity (Wildman–Crippen MR) is 106 cm³/mol. The van der Waals surface area contributed by atoms with Gasteiger partial charge in [-0.25, -0.2) is 4.79 Å². The number of unbranched alkanes of at least 4 members (excludes halogenated alkanes) is 1. The molecule has 0 aliphatic heterocycles. The van der Waals surface area contributed by atoms with Crippen LogP contribution in [0, 0.1) is 5.92 Å². The Hall–Kier alpha value is -1.84. The van der Waals surface area contributed by atoms with Crippen LogP contribution < -0.4 is 5.32 Å². The number of carbonyl (C=O) groups is 2. The molecule has 1 aromatic rings. The molecule has 1 unspecified atom stereocenters. The molecular formula is C22H35NO3. The number of rotatable bonds is 9. The van der Waals surface area contributed by atoms with Crippen molar-refractivity contribution < 1.29 is 14.3 Å². The zero-order chi connectivity index (χ0) is 19.7. The third-order valence-corrected chi connectivity index (χ3v) is 4.12. The molecule has 0 fully saturated rings. The maximum atomic E-state index is 12.4. The third kappa shape index (κ3) is 9.02. The smallest absolute Gasteiger partial charge is 0.407 e. The first kappa shape index (κ1) is 22.2. The summed E-state index contributed by atoms with van der Waals surface area (Å²) >= 11 is 0. The molecule has 0 bridgehead atoms. The van der Waals surface area contributed by atoms with Gasteiger partial charge < -0.3 is 10.1 Å². The molecule has 26 heavy (non-hydrogen) atoms. The minimum atomic E-state index is -0.486. The molecule has 0 aliphatic carbocycles. The Morgan fingerprint density at radius 3 is 2.19 bits per heavy atom. The van der Waals surface area contributed by atoms with Crippen molar-refractivity contribution in [2.24, 2.45) is 5.92 Å². The van der Waals surface area contributed by atoms with Crippen molar-refractivity contribution in [3.05, 3.63) is 35.4 Å². The fourth-order valence-electron chi connectivity index (χ4n) is 2.75. The second-order valence-corrected chi connectivity index (χ2v) is 8.41. The fraction of sp³-hybridized carbons (Fsp3) is 0.636. The van der Waals surface area contributed by atoms with Crippen LogP contribution in [-0.4, -0.2) is 24.0 Å². The Labute approximate surface area is 158 Å². The number of Topliss-reactive ketones (excluding diaryl/α,β-unsaturated/α-hetero) is 1.